The molecule has 0 heterocycles. The first-order valence-electron chi connectivity index (χ1n) is 3.20. The molecule has 10 heavy (non-hydrogen) atoms. The van der Waals surface area contributed by atoms with Gasteiger partial charge in [-0.1, -0.05) is 0 Å². The molecule has 0 radical (unpaired) electrons. The van der Waals surface area contributed by atoms with Crippen LogP contribution in [0.5, 0.6) is 0 Å². The van der Waals surface area contributed by atoms with Crippen molar-refractivity contribution < 1.29 is 19.7 Å². The molecule has 0 aromatic heterocycles. The van der Waals surface area contributed by atoms with Gasteiger partial charge in [0, 0.05) is 0 Å². The lowest BCUT2D eigenvalue weighted by Gasteiger charge is -2.22. The van der Waals surface area contributed by atoms with Crippen molar-refractivity contribution in [2.75, 3.05) is 34.4 Å². The Morgan fingerprint density at radius 1 is 1.40 bits per heavy atom. The predicted octanol–water partition coefficient (Wildman–Crippen LogP) is -1.02. The van der Waals surface area contributed by atoms with Crippen molar-refractivity contribution in [1.82, 2.24) is 0 Å². The number of aliphatic hydroxyl groups is 2. The summed E-state index contributed by atoms with van der Waals surface area (Å²) in [5.74, 6) is 0. The van der Waals surface area contributed by atoms with Crippen molar-refractivity contribution in [3.8, 4) is 0 Å². The van der Waals surface area contributed by atoms with Crippen LogP contribution in [0, 0.1) is 0 Å². The molecular weight excluding hydrogens is 134 g/mol. The zero-order chi connectivity index (χ0) is 8.20. The van der Waals surface area contributed by atoms with E-state index in [2.05, 4.69) is 0 Å². The molecule has 0 spiro atoms. The van der Waals surface area contributed by atoms with E-state index in [1.165, 1.54) is 0 Å². The van der Waals surface area contributed by atoms with Gasteiger partial charge >= 0.3 is 0 Å². The highest BCUT2D eigenvalue weighted by molar-refractivity contribution is 4.45. The highest BCUT2D eigenvalue weighted by atomic mass is 16.7. The molecule has 1 unspecified atom stereocenters. The fourth-order valence-electron chi connectivity index (χ4n) is 0.362. The molecule has 0 aliphatic rings. The van der Waals surface area contributed by atoms with Gasteiger partial charge in [0.2, 0.25) is 0 Å². The van der Waals surface area contributed by atoms with Crippen LogP contribution in [0.25, 0.3) is 0 Å². The minimum atomic E-state index is -0.766. The minimum Gasteiger partial charge on any atom is -0.394 e. The summed E-state index contributed by atoms with van der Waals surface area (Å²) >= 11 is 0. The largest absolute Gasteiger partial charge is 0.394 e. The zero-order valence-electron chi connectivity index (χ0n) is 6.74. The van der Waals surface area contributed by atoms with Crippen LogP contribution in [0.4, 0.5) is 0 Å². The zero-order valence-corrected chi connectivity index (χ0v) is 6.74. The molecule has 2 N–H and O–H groups in total. The van der Waals surface area contributed by atoms with Gasteiger partial charge < -0.3 is 10.2 Å². The first-order chi connectivity index (χ1) is 4.45. The van der Waals surface area contributed by atoms with Gasteiger partial charge in [0.1, 0.15) is 12.7 Å². The smallest absolute Gasteiger partial charge is 0.134 e. The Morgan fingerprint density at radius 2 is 1.90 bits per heavy atom. The van der Waals surface area contributed by atoms with Gasteiger partial charge in [-0.2, -0.15) is 4.65 Å². The molecular formula is C6H16NO3+. The first-order valence-corrected chi connectivity index (χ1v) is 3.20. The number of rotatable bonds is 4. The maximum Gasteiger partial charge on any atom is 0.134 e. The molecule has 0 aromatic carbocycles. The van der Waals surface area contributed by atoms with Gasteiger partial charge in [-0.05, 0) is 0 Å². The highest BCUT2D eigenvalue weighted by Crippen LogP contribution is 1.93. The number of quaternary nitrogens is 1. The average molecular weight is 150 g/mol. The lowest BCUT2D eigenvalue weighted by Crippen LogP contribution is -2.38. The quantitative estimate of drug-likeness (QED) is 0.398. The third kappa shape index (κ3) is 5.97. The van der Waals surface area contributed by atoms with Gasteiger partial charge in [0.25, 0.3) is 0 Å². The summed E-state index contributed by atoms with van der Waals surface area (Å²) in [6.45, 7) is -0.0833. The fourth-order valence-corrected chi connectivity index (χ4v) is 0.362. The van der Waals surface area contributed by atoms with Crippen LogP contribution >= 0.6 is 0 Å². The molecule has 4 nitrogen and oxygen atoms in total. The molecule has 0 aliphatic heterocycles. The second kappa shape index (κ2) is 3.88. The van der Waals surface area contributed by atoms with Crippen LogP contribution in [0.1, 0.15) is 0 Å². The molecule has 0 aromatic rings. The van der Waals surface area contributed by atoms with Crippen LogP contribution < -0.4 is 0 Å². The summed E-state index contributed by atoms with van der Waals surface area (Å²) < 4.78 is 0.330. The average Bonchev–Trinajstić information content (AvgIpc) is 1.81. The standard InChI is InChI=1S/C6H16NO3/c1-7(2,3)10-5-6(9)4-8/h6,8-9H,4-5H2,1-3H3/q+1. The highest BCUT2D eigenvalue weighted by Gasteiger charge is 2.11. The third-order valence-corrected chi connectivity index (χ3v) is 0.865. The summed E-state index contributed by atoms with van der Waals surface area (Å²) in [5.41, 5.74) is 0. The van der Waals surface area contributed by atoms with Crippen LogP contribution in [0.15, 0.2) is 0 Å². The number of hydroxylamine groups is 3. The number of hydrogen-bond acceptors (Lipinski definition) is 3. The SMILES string of the molecule is C[N+](C)(C)OCC(O)CO. The Balaban J connectivity index is 3.36. The number of nitrogens with zero attached hydrogens (tertiary/aromatic N) is 1. The summed E-state index contributed by atoms with van der Waals surface area (Å²) in [5, 5.41) is 17.2. The van der Waals surface area contributed by atoms with Gasteiger partial charge in [-0.25, -0.2) is 4.84 Å². The first kappa shape index (κ1) is 9.84. The molecule has 0 aliphatic carbocycles. The minimum absolute atomic E-state index is 0.167. The Kier molecular flexibility index (Phi) is 3.81. The molecule has 0 saturated heterocycles. The summed E-state index contributed by atoms with van der Waals surface area (Å²) in [6, 6.07) is 0. The number of aliphatic hydroxyl groups excluding tert-OH is 2. The van der Waals surface area contributed by atoms with Gasteiger partial charge in [-0.15, -0.1) is 0 Å². The molecule has 0 rings (SSSR count). The second-order valence-corrected chi connectivity index (χ2v) is 3.02. The van der Waals surface area contributed by atoms with Crippen LogP contribution in [-0.2, 0) is 4.84 Å². The predicted molar refractivity (Wildman–Crippen MR) is 37.1 cm³/mol. The third-order valence-electron chi connectivity index (χ3n) is 0.865. The number of hydrogen-bond donors (Lipinski definition) is 2. The monoisotopic (exact) mass is 150 g/mol. The van der Waals surface area contributed by atoms with Crippen molar-refractivity contribution in [2.24, 2.45) is 0 Å². The molecule has 62 valence electrons. The van der Waals surface area contributed by atoms with Crippen LogP contribution in [0.2, 0.25) is 0 Å². The van der Waals surface area contributed by atoms with E-state index in [1.807, 2.05) is 21.1 Å². The molecule has 1 atom stereocenters. The van der Waals surface area contributed by atoms with E-state index in [4.69, 9.17) is 15.1 Å². The molecule has 0 amide bonds. The normalized spacial score (nSPS) is 15.3. The maximum atomic E-state index is 8.84. The second-order valence-electron chi connectivity index (χ2n) is 3.02. The van der Waals surface area contributed by atoms with E-state index in [-0.39, 0.29) is 13.2 Å². The fraction of sp³-hybridized carbons (Fsp3) is 1.00. The van der Waals surface area contributed by atoms with E-state index in [9.17, 15) is 0 Å². The Labute approximate surface area is 61.2 Å². The summed E-state index contributed by atoms with van der Waals surface area (Å²) in [7, 11) is 5.51. The van der Waals surface area contributed by atoms with E-state index < -0.39 is 6.10 Å². The Bertz CT molecular complexity index is 89.5. The molecule has 4 heteroatoms. The Hall–Kier alpha value is -0.160. The molecule has 0 bridgehead atoms. The summed E-state index contributed by atoms with van der Waals surface area (Å²) in [4.78, 5) is 5.11. The van der Waals surface area contributed by atoms with Crippen LogP contribution in [-0.4, -0.2) is 55.3 Å². The van der Waals surface area contributed by atoms with Crippen molar-refractivity contribution in [2.45, 2.75) is 6.10 Å². The van der Waals surface area contributed by atoms with Crippen LogP contribution in [0.3, 0.4) is 0 Å². The van der Waals surface area contributed by atoms with Gasteiger partial charge in [-0.3, -0.25) is 0 Å². The van der Waals surface area contributed by atoms with Gasteiger partial charge in [0.05, 0.1) is 27.7 Å². The van der Waals surface area contributed by atoms with Crippen molar-refractivity contribution >= 4 is 0 Å². The van der Waals surface area contributed by atoms with E-state index in [0.717, 1.165) is 0 Å². The van der Waals surface area contributed by atoms with E-state index in [0.29, 0.717) is 4.65 Å². The summed E-state index contributed by atoms with van der Waals surface area (Å²) in [6.07, 6.45) is -0.766. The Morgan fingerprint density at radius 3 is 2.20 bits per heavy atom. The van der Waals surface area contributed by atoms with E-state index >= 15 is 0 Å². The molecule has 0 fully saturated rings. The lowest BCUT2D eigenvalue weighted by atomic mass is 10.4. The van der Waals surface area contributed by atoms with Crippen molar-refractivity contribution in [1.29, 1.82) is 0 Å². The van der Waals surface area contributed by atoms with Crippen molar-refractivity contribution in [3.05, 3.63) is 0 Å². The lowest BCUT2D eigenvalue weighted by molar-refractivity contribution is -1.06. The topological polar surface area (TPSA) is 49.7 Å². The van der Waals surface area contributed by atoms with E-state index in [1.54, 1.807) is 0 Å². The molecule has 0 saturated carbocycles. The van der Waals surface area contributed by atoms with Gasteiger partial charge in [0.15, 0.2) is 0 Å². The maximum absolute atomic E-state index is 8.84. The van der Waals surface area contributed by atoms with Crippen molar-refractivity contribution in [3.63, 3.8) is 0 Å².